The van der Waals surface area contributed by atoms with Crippen LogP contribution in [-0.2, 0) is 4.74 Å². The van der Waals surface area contributed by atoms with E-state index in [1.807, 2.05) is 0 Å². The van der Waals surface area contributed by atoms with Crippen molar-refractivity contribution in [2.45, 2.75) is 13.3 Å². The van der Waals surface area contributed by atoms with Gasteiger partial charge in [0.05, 0.1) is 18.9 Å². The minimum Gasteiger partial charge on any atom is -0.493 e. The number of halogens is 1. The maximum atomic E-state index is 12.2. The second-order valence-electron chi connectivity index (χ2n) is 5.14. The second kappa shape index (κ2) is 7.31. The Morgan fingerprint density at radius 1 is 1.25 bits per heavy atom. The third-order valence-corrected chi connectivity index (χ3v) is 3.63. The largest absolute Gasteiger partial charge is 0.493 e. The minimum absolute atomic E-state index is 0.260. The highest BCUT2D eigenvalue weighted by Gasteiger charge is 2.19. The Labute approximate surface area is 144 Å². The van der Waals surface area contributed by atoms with Crippen LogP contribution in [0.15, 0.2) is 42.7 Å². The average Bonchev–Trinajstić information content (AvgIpc) is 2.92. The highest BCUT2D eigenvalue weighted by molar-refractivity contribution is 6.30. The van der Waals surface area contributed by atoms with Crippen LogP contribution in [0, 0.1) is 6.92 Å². The van der Waals surface area contributed by atoms with Gasteiger partial charge in [0, 0.05) is 23.8 Å². The lowest BCUT2D eigenvalue weighted by Crippen LogP contribution is -2.10. The summed E-state index contributed by atoms with van der Waals surface area (Å²) in [6.07, 6.45) is 3.94. The minimum atomic E-state index is -0.423. The normalized spacial score (nSPS) is 10.8. The Balaban J connectivity index is 1.50. The van der Waals surface area contributed by atoms with Crippen LogP contribution < -0.4 is 4.74 Å². The van der Waals surface area contributed by atoms with E-state index in [9.17, 15) is 4.79 Å². The molecule has 1 aromatic carbocycles. The zero-order valence-electron chi connectivity index (χ0n) is 13.1. The van der Waals surface area contributed by atoms with Gasteiger partial charge in [0.25, 0.3) is 0 Å². The van der Waals surface area contributed by atoms with E-state index in [-0.39, 0.29) is 6.61 Å². The van der Waals surface area contributed by atoms with E-state index in [0.29, 0.717) is 35.0 Å². The molecule has 0 aliphatic carbocycles. The van der Waals surface area contributed by atoms with E-state index in [4.69, 9.17) is 21.1 Å². The van der Waals surface area contributed by atoms with Crippen molar-refractivity contribution in [2.75, 3.05) is 13.2 Å². The lowest BCUT2D eigenvalue weighted by molar-refractivity contribution is 0.0487. The van der Waals surface area contributed by atoms with E-state index < -0.39 is 5.97 Å². The van der Waals surface area contributed by atoms with Gasteiger partial charge in [-0.25, -0.2) is 14.3 Å². The van der Waals surface area contributed by atoms with Gasteiger partial charge in [-0.1, -0.05) is 11.6 Å². The van der Waals surface area contributed by atoms with Gasteiger partial charge in [0.15, 0.2) is 5.65 Å². The van der Waals surface area contributed by atoms with E-state index in [1.165, 1.54) is 0 Å². The standard InChI is InChI=1S/C17H16ClN3O3/c1-12-15(16-19-8-2-9-21(16)20-12)17(22)24-11-3-10-23-14-6-4-13(18)5-7-14/h2,4-9H,3,10-11H2,1H3. The molecule has 3 aromatic rings. The Kier molecular flexibility index (Phi) is 4.96. The molecule has 0 saturated carbocycles. The molecule has 7 heteroatoms. The van der Waals surface area contributed by atoms with Crippen molar-refractivity contribution in [1.82, 2.24) is 14.6 Å². The highest BCUT2D eigenvalue weighted by atomic mass is 35.5. The van der Waals surface area contributed by atoms with Crippen LogP contribution in [0.2, 0.25) is 5.02 Å². The molecule has 0 unspecified atom stereocenters. The van der Waals surface area contributed by atoms with Crippen molar-refractivity contribution in [3.05, 3.63) is 59.0 Å². The number of carbonyl (C=O) groups excluding carboxylic acids is 1. The van der Waals surface area contributed by atoms with E-state index in [0.717, 1.165) is 5.75 Å². The first-order valence-corrected chi connectivity index (χ1v) is 7.88. The van der Waals surface area contributed by atoms with E-state index in [2.05, 4.69) is 10.1 Å². The van der Waals surface area contributed by atoms with Crippen molar-refractivity contribution in [1.29, 1.82) is 0 Å². The molecule has 0 fully saturated rings. The van der Waals surface area contributed by atoms with E-state index >= 15 is 0 Å². The van der Waals surface area contributed by atoms with Crippen LogP contribution in [0.25, 0.3) is 5.65 Å². The van der Waals surface area contributed by atoms with Crippen molar-refractivity contribution in [3.8, 4) is 5.75 Å². The molecule has 2 aromatic heterocycles. The zero-order valence-corrected chi connectivity index (χ0v) is 13.9. The first kappa shape index (κ1) is 16.3. The van der Waals surface area contributed by atoms with Crippen molar-refractivity contribution in [2.24, 2.45) is 0 Å². The summed E-state index contributed by atoms with van der Waals surface area (Å²) in [5.74, 6) is 0.307. The topological polar surface area (TPSA) is 65.7 Å². The Morgan fingerprint density at radius 3 is 2.83 bits per heavy atom. The molecular formula is C17H16ClN3O3. The number of hydrogen-bond acceptors (Lipinski definition) is 5. The predicted octanol–water partition coefficient (Wildman–Crippen LogP) is 3.32. The average molecular weight is 346 g/mol. The number of ether oxygens (including phenoxy) is 2. The third-order valence-electron chi connectivity index (χ3n) is 3.38. The van der Waals surface area contributed by atoms with Gasteiger partial charge in [0.1, 0.15) is 11.3 Å². The van der Waals surface area contributed by atoms with Crippen LogP contribution >= 0.6 is 11.6 Å². The maximum Gasteiger partial charge on any atom is 0.343 e. The fraction of sp³-hybridized carbons (Fsp3) is 0.235. The van der Waals surface area contributed by atoms with Crippen molar-refractivity contribution in [3.63, 3.8) is 0 Å². The molecule has 0 aliphatic rings. The lowest BCUT2D eigenvalue weighted by Gasteiger charge is -2.07. The molecule has 0 spiro atoms. The number of aromatic nitrogens is 3. The Morgan fingerprint density at radius 2 is 2.04 bits per heavy atom. The molecule has 24 heavy (non-hydrogen) atoms. The summed E-state index contributed by atoms with van der Waals surface area (Å²) >= 11 is 5.81. The molecule has 2 heterocycles. The van der Waals surface area contributed by atoms with E-state index in [1.54, 1.807) is 54.2 Å². The fourth-order valence-corrected chi connectivity index (χ4v) is 2.38. The third kappa shape index (κ3) is 3.65. The molecule has 0 aliphatic heterocycles. The van der Waals surface area contributed by atoms with Crippen LogP contribution in [0.5, 0.6) is 5.75 Å². The molecule has 0 N–H and O–H groups in total. The van der Waals surface area contributed by atoms with Gasteiger partial charge in [0.2, 0.25) is 0 Å². The first-order chi connectivity index (χ1) is 11.6. The predicted molar refractivity (Wildman–Crippen MR) is 89.6 cm³/mol. The Hall–Kier alpha value is -2.60. The summed E-state index contributed by atoms with van der Waals surface area (Å²) in [6, 6.07) is 8.86. The van der Waals surface area contributed by atoms with Crippen molar-refractivity contribution < 1.29 is 14.3 Å². The van der Waals surface area contributed by atoms with Gasteiger partial charge >= 0.3 is 5.97 Å². The molecule has 124 valence electrons. The summed E-state index contributed by atoms with van der Waals surface area (Å²) < 4.78 is 12.4. The van der Waals surface area contributed by atoms with Gasteiger partial charge in [-0.3, -0.25) is 0 Å². The molecule has 3 rings (SSSR count). The number of benzene rings is 1. The number of rotatable bonds is 6. The monoisotopic (exact) mass is 345 g/mol. The van der Waals surface area contributed by atoms with Crippen LogP contribution in [-0.4, -0.2) is 33.8 Å². The maximum absolute atomic E-state index is 12.2. The van der Waals surface area contributed by atoms with Crippen LogP contribution in [0.3, 0.4) is 0 Å². The molecule has 0 atom stereocenters. The smallest absolute Gasteiger partial charge is 0.343 e. The van der Waals surface area contributed by atoms with Gasteiger partial charge in [-0.05, 0) is 37.3 Å². The highest BCUT2D eigenvalue weighted by Crippen LogP contribution is 2.16. The van der Waals surface area contributed by atoms with Crippen LogP contribution in [0.1, 0.15) is 22.5 Å². The first-order valence-electron chi connectivity index (χ1n) is 7.50. The fourth-order valence-electron chi connectivity index (χ4n) is 2.25. The summed E-state index contributed by atoms with van der Waals surface area (Å²) in [4.78, 5) is 16.4. The van der Waals surface area contributed by atoms with Gasteiger partial charge in [-0.15, -0.1) is 0 Å². The number of aryl methyl sites for hydroxylation is 1. The van der Waals surface area contributed by atoms with Gasteiger partial charge in [-0.2, -0.15) is 5.10 Å². The number of nitrogens with zero attached hydrogens (tertiary/aromatic N) is 3. The number of esters is 1. The lowest BCUT2D eigenvalue weighted by atomic mass is 10.2. The second-order valence-corrected chi connectivity index (χ2v) is 5.58. The number of carbonyl (C=O) groups is 1. The number of hydrogen-bond donors (Lipinski definition) is 0. The summed E-state index contributed by atoms with van der Waals surface area (Å²) in [5, 5.41) is 4.90. The van der Waals surface area contributed by atoms with Gasteiger partial charge < -0.3 is 9.47 Å². The Bertz CT molecular complexity index is 846. The van der Waals surface area contributed by atoms with Crippen LogP contribution in [0.4, 0.5) is 0 Å². The quantitative estimate of drug-likeness (QED) is 0.506. The zero-order chi connectivity index (χ0) is 16.9. The number of fused-ring (bicyclic) bond motifs is 1. The molecule has 0 radical (unpaired) electrons. The van der Waals surface area contributed by atoms with Crippen molar-refractivity contribution >= 4 is 23.2 Å². The summed E-state index contributed by atoms with van der Waals surface area (Å²) in [6.45, 7) is 2.46. The molecular weight excluding hydrogens is 330 g/mol. The SMILES string of the molecule is Cc1nn2cccnc2c1C(=O)OCCCOc1ccc(Cl)cc1. The summed E-state index contributed by atoms with van der Waals surface area (Å²) in [5.41, 5.74) is 1.49. The molecule has 0 amide bonds. The molecule has 0 bridgehead atoms. The molecule has 0 saturated heterocycles. The molecule has 6 nitrogen and oxygen atoms in total. The summed E-state index contributed by atoms with van der Waals surface area (Å²) in [7, 11) is 0.